The summed E-state index contributed by atoms with van der Waals surface area (Å²) in [5.74, 6) is 0. The molecule has 18 heavy (non-hydrogen) atoms. The van der Waals surface area contributed by atoms with Gasteiger partial charge in [0, 0.05) is 6.54 Å². The summed E-state index contributed by atoms with van der Waals surface area (Å²) in [4.78, 5) is 2.29. The van der Waals surface area contributed by atoms with Crippen molar-refractivity contribution in [3.05, 3.63) is 40.4 Å². The lowest BCUT2D eigenvalue weighted by Gasteiger charge is -2.22. The van der Waals surface area contributed by atoms with Crippen molar-refractivity contribution in [3.63, 3.8) is 0 Å². The Morgan fingerprint density at radius 2 is 2.17 bits per heavy atom. The van der Waals surface area contributed by atoms with E-state index in [0.29, 0.717) is 10.7 Å². The van der Waals surface area contributed by atoms with Gasteiger partial charge in [0.15, 0.2) is 0 Å². The van der Waals surface area contributed by atoms with Crippen LogP contribution >= 0.6 is 11.6 Å². The first-order valence-electron chi connectivity index (χ1n) is 6.26. The number of likely N-dealkylation sites (N-methyl/N-ethyl adjacent to an activating group) is 1. The van der Waals surface area contributed by atoms with Crippen LogP contribution in [0.25, 0.3) is 0 Å². The SMILES string of the molecule is CN1CCCC=C(C(N)c2cccc(Cl)c2N)C1. The van der Waals surface area contributed by atoms with Gasteiger partial charge in [0.2, 0.25) is 0 Å². The standard InChI is InChI=1S/C14H20ClN3/c1-18-8-3-2-5-10(9-18)13(16)11-6-4-7-12(15)14(11)17/h4-7,13H,2-3,8-9,16-17H2,1H3. The molecule has 1 atom stereocenters. The van der Waals surface area contributed by atoms with Crippen LogP contribution in [0.2, 0.25) is 5.02 Å². The third-order valence-electron chi connectivity index (χ3n) is 3.42. The Balaban J connectivity index is 2.27. The third kappa shape index (κ3) is 2.86. The van der Waals surface area contributed by atoms with E-state index in [1.807, 2.05) is 12.1 Å². The molecule has 0 amide bonds. The van der Waals surface area contributed by atoms with E-state index < -0.39 is 0 Å². The number of anilines is 1. The van der Waals surface area contributed by atoms with E-state index >= 15 is 0 Å². The first-order valence-corrected chi connectivity index (χ1v) is 6.64. The lowest BCUT2D eigenvalue weighted by atomic mass is 9.97. The zero-order chi connectivity index (χ0) is 13.1. The van der Waals surface area contributed by atoms with E-state index in [0.717, 1.165) is 25.1 Å². The van der Waals surface area contributed by atoms with Gasteiger partial charge in [0.25, 0.3) is 0 Å². The van der Waals surface area contributed by atoms with Crippen LogP contribution in [0.3, 0.4) is 0 Å². The number of halogens is 1. The lowest BCUT2D eigenvalue weighted by molar-refractivity contribution is 0.360. The molecular weight excluding hydrogens is 246 g/mol. The quantitative estimate of drug-likeness (QED) is 0.638. The predicted molar refractivity (Wildman–Crippen MR) is 77.6 cm³/mol. The minimum Gasteiger partial charge on any atom is -0.397 e. The van der Waals surface area contributed by atoms with Crippen molar-refractivity contribution in [2.45, 2.75) is 18.9 Å². The number of hydrogen-bond donors (Lipinski definition) is 2. The van der Waals surface area contributed by atoms with Gasteiger partial charge in [-0.05, 0) is 43.6 Å². The fourth-order valence-electron chi connectivity index (χ4n) is 2.35. The van der Waals surface area contributed by atoms with Crippen molar-refractivity contribution in [2.75, 3.05) is 25.9 Å². The van der Waals surface area contributed by atoms with Gasteiger partial charge >= 0.3 is 0 Å². The molecule has 1 heterocycles. The summed E-state index contributed by atoms with van der Waals surface area (Å²) in [5, 5.41) is 0.575. The first kappa shape index (κ1) is 13.4. The van der Waals surface area contributed by atoms with Crippen LogP contribution in [0, 0.1) is 0 Å². The summed E-state index contributed by atoms with van der Waals surface area (Å²) in [6, 6.07) is 5.48. The summed E-state index contributed by atoms with van der Waals surface area (Å²) in [7, 11) is 2.12. The van der Waals surface area contributed by atoms with E-state index in [4.69, 9.17) is 23.1 Å². The van der Waals surface area contributed by atoms with E-state index in [-0.39, 0.29) is 6.04 Å². The molecule has 3 nitrogen and oxygen atoms in total. The second kappa shape index (κ2) is 5.74. The van der Waals surface area contributed by atoms with Crippen LogP contribution in [0.4, 0.5) is 5.69 Å². The van der Waals surface area contributed by atoms with Gasteiger partial charge in [-0.25, -0.2) is 0 Å². The Labute approximate surface area is 113 Å². The molecule has 1 unspecified atom stereocenters. The average molecular weight is 266 g/mol. The second-order valence-corrected chi connectivity index (χ2v) is 5.29. The van der Waals surface area contributed by atoms with Gasteiger partial charge in [0.05, 0.1) is 16.8 Å². The number of nitrogens with two attached hydrogens (primary N) is 2. The number of para-hydroxylation sites is 1. The lowest BCUT2D eigenvalue weighted by Crippen LogP contribution is -2.26. The Morgan fingerprint density at radius 1 is 1.39 bits per heavy atom. The minimum atomic E-state index is -0.163. The van der Waals surface area contributed by atoms with E-state index in [2.05, 4.69) is 18.0 Å². The maximum atomic E-state index is 6.34. The molecule has 1 aliphatic heterocycles. The second-order valence-electron chi connectivity index (χ2n) is 4.88. The van der Waals surface area contributed by atoms with E-state index in [9.17, 15) is 0 Å². The monoisotopic (exact) mass is 265 g/mol. The van der Waals surface area contributed by atoms with Crippen molar-refractivity contribution < 1.29 is 0 Å². The number of nitrogens with zero attached hydrogens (tertiary/aromatic N) is 1. The molecule has 1 aromatic rings. The van der Waals surface area contributed by atoms with Crippen LogP contribution in [-0.2, 0) is 0 Å². The van der Waals surface area contributed by atoms with Gasteiger partial charge in [-0.15, -0.1) is 0 Å². The smallest absolute Gasteiger partial charge is 0.0639 e. The van der Waals surface area contributed by atoms with Gasteiger partial charge in [-0.1, -0.05) is 29.8 Å². The van der Waals surface area contributed by atoms with E-state index in [1.54, 1.807) is 6.07 Å². The highest BCUT2D eigenvalue weighted by molar-refractivity contribution is 6.33. The van der Waals surface area contributed by atoms with Gasteiger partial charge < -0.3 is 16.4 Å². The van der Waals surface area contributed by atoms with Crippen LogP contribution < -0.4 is 11.5 Å². The van der Waals surface area contributed by atoms with Gasteiger partial charge in [-0.3, -0.25) is 0 Å². The largest absolute Gasteiger partial charge is 0.397 e. The summed E-state index contributed by atoms with van der Waals surface area (Å²) in [6.07, 6.45) is 4.50. The Morgan fingerprint density at radius 3 is 2.94 bits per heavy atom. The Hall–Kier alpha value is -1.03. The maximum Gasteiger partial charge on any atom is 0.0639 e. The molecule has 4 heteroatoms. The van der Waals surface area contributed by atoms with Crippen molar-refractivity contribution in [2.24, 2.45) is 5.73 Å². The van der Waals surface area contributed by atoms with Gasteiger partial charge in [-0.2, -0.15) is 0 Å². The molecule has 0 spiro atoms. The van der Waals surface area contributed by atoms with Crippen LogP contribution in [-0.4, -0.2) is 25.0 Å². The highest BCUT2D eigenvalue weighted by atomic mass is 35.5. The Bertz CT molecular complexity index is 456. The molecule has 1 aromatic carbocycles. The van der Waals surface area contributed by atoms with Gasteiger partial charge in [0.1, 0.15) is 0 Å². The maximum absolute atomic E-state index is 6.34. The molecule has 0 radical (unpaired) electrons. The van der Waals surface area contributed by atoms with Crippen LogP contribution in [0.1, 0.15) is 24.4 Å². The number of benzene rings is 1. The number of hydrogen-bond acceptors (Lipinski definition) is 3. The highest BCUT2D eigenvalue weighted by Gasteiger charge is 2.18. The molecule has 0 aliphatic carbocycles. The number of allylic oxidation sites excluding steroid dienone is 1. The first-order chi connectivity index (χ1) is 8.59. The molecule has 98 valence electrons. The molecule has 0 aromatic heterocycles. The molecule has 0 saturated heterocycles. The molecule has 0 saturated carbocycles. The third-order valence-corrected chi connectivity index (χ3v) is 3.75. The van der Waals surface area contributed by atoms with E-state index in [1.165, 1.54) is 12.0 Å². The summed E-state index contributed by atoms with van der Waals surface area (Å²) < 4.78 is 0. The predicted octanol–water partition coefficient (Wildman–Crippen LogP) is 2.57. The summed E-state index contributed by atoms with van der Waals surface area (Å²) in [6.45, 7) is 2.00. The van der Waals surface area contributed by atoms with Crippen LogP contribution in [0.5, 0.6) is 0 Å². The molecule has 0 bridgehead atoms. The zero-order valence-electron chi connectivity index (χ0n) is 10.7. The molecule has 2 rings (SSSR count). The summed E-state index contributed by atoms with van der Waals surface area (Å²) in [5.41, 5.74) is 15.1. The number of rotatable bonds is 2. The zero-order valence-corrected chi connectivity index (χ0v) is 11.5. The fraction of sp³-hybridized carbons (Fsp3) is 0.429. The van der Waals surface area contributed by atoms with Crippen molar-refractivity contribution in [3.8, 4) is 0 Å². The van der Waals surface area contributed by atoms with Crippen molar-refractivity contribution in [1.29, 1.82) is 0 Å². The molecular formula is C14H20ClN3. The van der Waals surface area contributed by atoms with Crippen molar-refractivity contribution >= 4 is 17.3 Å². The average Bonchev–Trinajstić information content (AvgIpc) is 2.56. The summed E-state index contributed by atoms with van der Waals surface area (Å²) >= 11 is 6.05. The molecule has 1 aliphatic rings. The fourth-order valence-corrected chi connectivity index (χ4v) is 2.54. The topological polar surface area (TPSA) is 55.3 Å². The normalized spacial score (nSPS) is 19.2. The molecule has 4 N–H and O–H groups in total. The van der Waals surface area contributed by atoms with Crippen LogP contribution in [0.15, 0.2) is 29.8 Å². The Kier molecular flexibility index (Phi) is 4.27. The highest BCUT2D eigenvalue weighted by Crippen LogP contribution is 2.30. The van der Waals surface area contributed by atoms with Crippen molar-refractivity contribution in [1.82, 2.24) is 4.90 Å². The number of nitrogen functional groups attached to an aromatic ring is 1. The molecule has 0 fully saturated rings. The minimum absolute atomic E-state index is 0.163.